The van der Waals surface area contributed by atoms with Crippen LogP contribution in [0.15, 0.2) is 24.3 Å². The summed E-state index contributed by atoms with van der Waals surface area (Å²) in [6.07, 6.45) is 5.22. The summed E-state index contributed by atoms with van der Waals surface area (Å²) in [4.78, 5) is 25.3. The molecule has 0 spiro atoms. The lowest BCUT2D eigenvalue weighted by atomic mass is 10.2. The number of amides is 2. The third-order valence-electron chi connectivity index (χ3n) is 3.15. The molecule has 0 aliphatic carbocycles. The lowest BCUT2D eigenvalue weighted by Gasteiger charge is -2.25. The lowest BCUT2D eigenvalue weighted by molar-refractivity contribution is -0.129. The number of unbranched alkanes of at least 4 members (excludes halogenated alkanes) is 1. The second-order valence-corrected chi connectivity index (χ2v) is 5.34. The molecule has 0 saturated carbocycles. The van der Waals surface area contributed by atoms with Gasteiger partial charge in [0.25, 0.3) is 0 Å². The van der Waals surface area contributed by atoms with Crippen molar-refractivity contribution >= 4 is 11.8 Å². The maximum absolute atomic E-state index is 10.9. The molecule has 0 aromatic rings. The molecule has 1 aliphatic heterocycles. The summed E-state index contributed by atoms with van der Waals surface area (Å²) in [5.74, 6) is -0.317. The van der Waals surface area contributed by atoms with Gasteiger partial charge in [0.1, 0.15) is 0 Å². The summed E-state index contributed by atoms with van der Waals surface area (Å²) in [5.41, 5.74) is 5.72. The molecule has 1 rings (SSSR count). The summed E-state index contributed by atoms with van der Waals surface area (Å²) in [5, 5.41) is 0. The van der Waals surface area contributed by atoms with Gasteiger partial charge in [-0.3, -0.25) is 9.59 Å². The van der Waals surface area contributed by atoms with E-state index in [1.54, 1.807) is 11.8 Å². The van der Waals surface area contributed by atoms with Crippen molar-refractivity contribution in [2.45, 2.75) is 19.8 Å². The highest BCUT2D eigenvalue weighted by atomic mass is 16.5. The highest BCUT2D eigenvalue weighted by Gasteiger charge is 2.12. The molecule has 1 heterocycles. The van der Waals surface area contributed by atoms with Crippen molar-refractivity contribution in [1.82, 2.24) is 9.80 Å². The van der Waals surface area contributed by atoms with E-state index in [2.05, 4.69) is 11.5 Å². The number of carbonyl (C=O) groups is 2. The fraction of sp³-hybridized carbons (Fsp3) is 0.625. The van der Waals surface area contributed by atoms with Crippen LogP contribution in [-0.4, -0.2) is 68.6 Å². The number of morpholine rings is 1. The van der Waals surface area contributed by atoms with Crippen LogP contribution in [0.1, 0.15) is 19.8 Å². The summed E-state index contributed by atoms with van der Waals surface area (Å²) >= 11 is 0. The Bertz CT molecular complexity index is 386. The van der Waals surface area contributed by atoms with Crippen molar-refractivity contribution in [2.75, 3.05) is 46.9 Å². The largest absolute Gasteiger partial charge is 0.378 e. The predicted molar refractivity (Wildman–Crippen MR) is 88.3 cm³/mol. The Kier molecular flexibility index (Phi) is 11.0. The number of allylic oxidation sites excluding steroid dienone is 1. The van der Waals surface area contributed by atoms with E-state index in [1.807, 2.05) is 20.2 Å². The van der Waals surface area contributed by atoms with Gasteiger partial charge >= 0.3 is 0 Å². The van der Waals surface area contributed by atoms with Crippen LogP contribution in [0.3, 0.4) is 0 Å². The lowest BCUT2D eigenvalue weighted by Crippen LogP contribution is -2.39. The Hall–Kier alpha value is -1.66. The van der Waals surface area contributed by atoms with Crippen LogP contribution in [0, 0.1) is 0 Å². The van der Waals surface area contributed by atoms with Crippen molar-refractivity contribution in [3.05, 3.63) is 24.3 Å². The minimum atomic E-state index is -0.320. The number of primary amides is 1. The average molecular weight is 311 g/mol. The van der Waals surface area contributed by atoms with Gasteiger partial charge < -0.3 is 20.3 Å². The normalized spacial score (nSPS) is 15.1. The Morgan fingerprint density at radius 2 is 1.91 bits per heavy atom. The molecule has 0 unspecified atom stereocenters. The van der Waals surface area contributed by atoms with E-state index in [-0.39, 0.29) is 11.8 Å². The van der Waals surface area contributed by atoms with Gasteiger partial charge in [-0.2, -0.15) is 0 Å². The molecule has 126 valence electrons. The first-order valence-corrected chi connectivity index (χ1v) is 7.48. The van der Waals surface area contributed by atoms with E-state index in [4.69, 9.17) is 10.5 Å². The van der Waals surface area contributed by atoms with Gasteiger partial charge in [0.05, 0.1) is 13.2 Å². The first-order valence-electron chi connectivity index (χ1n) is 7.48. The smallest absolute Gasteiger partial charge is 0.246 e. The van der Waals surface area contributed by atoms with Gasteiger partial charge in [0.2, 0.25) is 11.8 Å². The van der Waals surface area contributed by atoms with Crippen LogP contribution in [-0.2, 0) is 14.3 Å². The monoisotopic (exact) mass is 311 g/mol. The second kappa shape index (κ2) is 11.9. The molecule has 0 aromatic carbocycles. The SMILES string of the molecule is C=CC(=O)N1CCOCC1.CC(=CCCCN(C)C)C(N)=O. The number of hydrogen-bond acceptors (Lipinski definition) is 4. The maximum Gasteiger partial charge on any atom is 0.246 e. The molecule has 0 aromatic heterocycles. The first kappa shape index (κ1) is 20.3. The number of ether oxygens (including phenoxy) is 1. The molecule has 1 saturated heterocycles. The summed E-state index contributed by atoms with van der Waals surface area (Å²) < 4.78 is 5.07. The molecule has 6 heteroatoms. The number of hydrogen-bond donors (Lipinski definition) is 1. The number of carbonyl (C=O) groups excluding carboxylic acids is 2. The Labute approximate surface area is 133 Å². The molecule has 0 atom stereocenters. The van der Waals surface area contributed by atoms with E-state index in [1.165, 1.54) is 6.08 Å². The van der Waals surface area contributed by atoms with Gasteiger partial charge in [-0.15, -0.1) is 0 Å². The van der Waals surface area contributed by atoms with Crippen LogP contribution >= 0.6 is 0 Å². The van der Waals surface area contributed by atoms with Gasteiger partial charge in [-0.05, 0) is 46.5 Å². The first-order chi connectivity index (χ1) is 10.4. The van der Waals surface area contributed by atoms with Gasteiger partial charge in [-0.25, -0.2) is 0 Å². The number of rotatable bonds is 6. The van der Waals surface area contributed by atoms with Crippen molar-refractivity contribution in [2.24, 2.45) is 5.73 Å². The van der Waals surface area contributed by atoms with E-state index in [0.717, 1.165) is 19.4 Å². The molecule has 6 nitrogen and oxygen atoms in total. The molecule has 2 N–H and O–H groups in total. The Morgan fingerprint density at radius 1 is 1.32 bits per heavy atom. The summed E-state index contributed by atoms with van der Waals surface area (Å²) in [6, 6.07) is 0. The molecule has 2 amide bonds. The predicted octanol–water partition coefficient (Wildman–Crippen LogP) is 0.791. The average Bonchev–Trinajstić information content (AvgIpc) is 2.51. The van der Waals surface area contributed by atoms with Gasteiger partial charge in [0, 0.05) is 18.7 Å². The number of nitrogens with zero attached hydrogens (tertiary/aromatic N) is 2. The zero-order valence-corrected chi connectivity index (χ0v) is 14.0. The van der Waals surface area contributed by atoms with Gasteiger partial charge in [-0.1, -0.05) is 12.7 Å². The Balaban J connectivity index is 0.000000406. The van der Waals surface area contributed by atoms with Crippen LogP contribution in [0.4, 0.5) is 0 Å². The highest BCUT2D eigenvalue weighted by molar-refractivity contribution is 5.91. The van der Waals surface area contributed by atoms with E-state index >= 15 is 0 Å². The Morgan fingerprint density at radius 3 is 2.36 bits per heavy atom. The van der Waals surface area contributed by atoms with Crippen LogP contribution in [0.25, 0.3) is 0 Å². The van der Waals surface area contributed by atoms with E-state index < -0.39 is 0 Å². The standard InChI is InChI=1S/C9H18N2O.C7H11NO2/c1-8(9(10)12)6-4-5-7-11(2)3;1-2-7(9)8-3-5-10-6-4-8/h6H,4-5,7H2,1-3H3,(H2,10,12);2H,1,3-6H2. The molecule has 0 bridgehead atoms. The molecule has 1 fully saturated rings. The minimum absolute atomic E-state index is 0.00306. The molecule has 0 radical (unpaired) electrons. The van der Waals surface area contributed by atoms with Crippen molar-refractivity contribution < 1.29 is 14.3 Å². The minimum Gasteiger partial charge on any atom is -0.378 e. The van der Waals surface area contributed by atoms with Gasteiger partial charge in [0.15, 0.2) is 0 Å². The highest BCUT2D eigenvalue weighted by Crippen LogP contribution is 1.98. The topological polar surface area (TPSA) is 75.9 Å². The molecular formula is C16H29N3O3. The van der Waals surface area contributed by atoms with Crippen LogP contribution in [0.5, 0.6) is 0 Å². The zero-order valence-electron chi connectivity index (χ0n) is 14.0. The van der Waals surface area contributed by atoms with Crippen molar-refractivity contribution in [3.8, 4) is 0 Å². The van der Waals surface area contributed by atoms with Crippen LogP contribution in [0.2, 0.25) is 0 Å². The fourth-order valence-corrected chi connectivity index (χ4v) is 1.74. The maximum atomic E-state index is 10.9. The van der Waals surface area contributed by atoms with Crippen LogP contribution < -0.4 is 5.73 Å². The summed E-state index contributed by atoms with van der Waals surface area (Å²) in [6.45, 7) is 8.90. The van der Waals surface area contributed by atoms with E-state index in [0.29, 0.717) is 31.9 Å². The fourth-order valence-electron chi connectivity index (χ4n) is 1.74. The third kappa shape index (κ3) is 10.1. The molecular weight excluding hydrogens is 282 g/mol. The quantitative estimate of drug-likeness (QED) is 0.581. The molecule has 22 heavy (non-hydrogen) atoms. The third-order valence-corrected chi connectivity index (χ3v) is 3.15. The van der Waals surface area contributed by atoms with Crippen molar-refractivity contribution in [3.63, 3.8) is 0 Å². The molecule has 1 aliphatic rings. The zero-order chi connectivity index (χ0) is 17.0. The number of nitrogens with two attached hydrogens (primary N) is 1. The summed E-state index contributed by atoms with van der Waals surface area (Å²) in [7, 11) is 4.06. The van der Waals surface area contributed by atoms with E-state index in [9.17, 15) is 9.59 Å². The van der Waals surface area contributed by atoms with Crippen molar-refractivity contribution in [1.29, 1.82) is 0 Å². The second-order valence-electron chi connectivity index (χ2n) is 5.34.